The Morgan fingerprint density at radius 1 is 1.00 bits per heavy atom. The Labute approximate surface area is 152 Å². The number of aromatic amines is 1. The Hall–Kier alpha value is -1.77. The summed E-state index contributed by atoms with van der Waals surface area (Å²) in [6.07, 6.45) is 3.82. The first kappa shape index (κ1) is 17.1. The molecular formula is C20H20Cl2N2. The smallest absolute Gasteiger partial charge is 0.106 e. The Balaban J connectivity index is 1.62. The minimum atomic E-state index is 0.657. The number of aryl methyl sites for hydroxylation is 3. The molecule has 0 unspecified atom stereocenters. The van der Waals surface area contributed by atoms with E-state index in [1.165, 1.54) is 5.56 Å². The fourth-order valence-corrected chi connectivity index (χ4v) is 3.28. The molecule has 4 heteroatoms. The van der Waals surface area contributed by atoms with Gasteiger partial charge in [-0.25, -0.2) is 4.98 Å². The monoisotopic (exact) mass is 358 g/mol. The number of imidazole rings is 1. The molecule has 1 aromatic heterocycles. The molecule has 0 spiro atoms. The number of hydrogen-bond donors (Lipinski definition) is 1. The summed E-state index contributed by atoms with van der Waals surface area (Å²) in [4.78, 5) is 8.15. The fraction of sp³-hybridized carbons (Fsp3) is 0.250. The van der Waals surface area contributed by atoms with Crippen LogP contribution in [0.25, 0.3) is 0 Å². The van der Waals surface area contributed by atoms with Crippen molar-refractivity contribution < 1.29 is 0 Å². The van der Waals surface area contributed by atoms with Gasteiger partial charge < -0.3 is 4.98 Å². The highest BCUT2D eigenvalue weighted by Gasteiger charge is 2.10. The lowest BCUT2D eigenvalue weighted by molar-refractivity contribution is 0.779. The third kappa shape index (κ3) is 4.40. The first-order valence-electron chi connectivity index (χ1n) is 8.14. The van der Waals surface area contributed by atoms with E-state index in [2.05, 4.69) is 36.2 Å². The van der Waals surface area contributed by atoms with Gasteiger partial charge in [-0.2, -0.15) is 0 Å². The summed E-state index contributed by atoms with van der Waals surface area (Å²) in [5.41, 5.74) is 4.57. The second-order valence-corrected chi connectivity index (χ2v) is 6.85. The van der Waals surface area contributed by atoms with Crippen LogP contribution < -0.4 is 0 Å². The predicted molar refractivity (Wildman–Crippen MR) is 101 cm³/mol. The first-order valence-corrected chi connectivity index (χ1v) is 8.89. The molecule has 0 atom stereocenters. The zero-order chi connectivity index (χ0) is 16.9. The van der Waals surface area contributed by atoms with Gasteiger partial charge in [-0.1, -0.05) is 59.6 Å². The molecule has 0 aliphatic heterocycles. The molecule has 0 saturated heterocycles. The van der Waals surface area contributed by atoms with Crippen molar-refractivity contribution >= 4 is 23.2 Å². The lowest BCUT2D eigenvalue weighted by atomic mass is 10.1. The SMILES string of the molecule is Cc1[nH]c(CCCc2ccccc2)nc1Cc1ccc(Cl)cc1Cl. The van der Waals surface area contributed by atoms with Crippen LogP contribution in [0.3, 0.4) is 0 Å². The standard InChI is InChI=1S/C20H20Cl2N2/c1-14-19(12-16-10-11-17(21)13-18(16)22)24-20(23-14)9-5-8-15-6-3-2-4-7-15/h2-4,6-7,10-11,13H,5,8-9,12H2,1H3,(H,23,24). The van der Waals surface area contributed by atoms with E-state index in [1.807, 2.05) is 18.2 Å². The van der Waals surface area contributed by atoms with Crippen LogP contribution in [-0.4, -0.2) is 9.97 Å². The largest absolute Gasteiger partial charge is 0.346 e. The van der Waals surface area contributed by atoms with Gasteiger partial charge >= 0.3 is 0 Å². The van der Waals surface area contributed by atoms with Crippen LogP contribution in [0.15, 0.2) is 48.5 Å². The van der Waals surface area contributed by atoms with Crippen LogP contribution in [0.5, 0.6) is 0 Å². The van der Waals surface area contributed by atoms with Crippen molar-refractivity contribution in [2.24, 2.45) is 0 Å². The summed E-state index contributed by atoms with van der Waals surface area (Å²) in [6.45, 7) is 2.06. The van der Waals surface area contributed by atoms with Crippen molar-refractivity contribution in [2.45, 2.75) is 32.6 Å². The molecule has 0 fully saturated rings. The highest BCUT2D eigenvalue weighted by Crippen LogP contribution is 2.24. The van der Waals surface area contributed by atoms with E-state index in [1.54, 1.807) is 6.07 Å². The maximum atomic E-state index is 6.27. The van der Waals surface area contributed by atoms with Crippen LogP contribution in [0.4, 0.5) is 0 Å². The zero-order valence-corrected chi connectivity index (χ0v) is 15.2. The van der Waals surface area contributed by atoms with Crippen LogP contribution in [0.2, 0.25) is 10.0 Å². The normalized spacial score (nSPS) is 11.0. The number of nitrogens with zero attached hydrogens (tertiary/aromatic N) is 1. The van der Waals surface area contributed by atoms with Gasteiger partial charge in [0.05, 0.1) is 5.69 Å². The minimum Gasteiger partial charge on any atom is -0.346 e. The molecule has 0 bridgehead atoms. The van der Waals surface area contributed by atoms with Crippen LogP contribution in [0, 0.1) is 6.92 Å². The summed E-state index contributed by atoms with van der Waals surface area (Å²) in [6, 6.07) is 16.2. The van der Waals surface area contributed by atoms with Crippen LogP contribution in [-0.2, 0) is 19.3 Å². The highest BCUT2D eigenvalue weighted by atomic mass is 35.5. The van der Waals surface area contributed by atoms with Crippen LogP contribution >= 0.6 is 23.2 Å². The summed E-state index contributed by atoms with van der Waals surface area (Å²) < 4.78 is 0. The molecule has 0 aliphatic rings. The molecule has 0 radical (unpaired) electrons. The second kappa shape index (κ2) is 7.87. The molecule has 2 nitrogen and oxygen atoms in total. The van der Waals surface area contributed by atoms with Gasteiger partial charge in [-0.3, -0.25) is 0 Å². The summed E-state index contributed by atoms with van der Waals surface area (Å²) in [5.74, 6) is 1.04. The minimum absolute atomic E-state index is 0.657. The summed E-state index contributed by atoms with van der Waals surface area (Å²) in [7, 11) is 0. The topological polar surface area (TPSA) is 28.7 Å². The zero-order valence-electron chi connectivity index (χ0n) is 13.7. The molecule has 124 valence electrons. The quantitative estimate of drug-likeness (QED) is 0.593. The van der Waals surface area contributed by atoms with Gasteiger partial charge in [0.2, 0.25) is 0 Å². The molecule has 1 N–H and O–H groups in total. The van der Waals surface area contributed by atoms with Gasteiger partial charge in [-0.15, -0.1) is 0 Å². The molecule has 3 rings (SSSR count). The fourth-order valence-electron chi connectivity index (χ4n) is 2.80. The third-order valence-electron chi connectivity index (χ3n) is 4.13. The van der Waals surface area contributed by atoms with Crippen LogP contribution in [0.1, 0.15) is 34.8 Å². The van der Waals surface area contributed by atoms with Gasteiger partial charge in [0, 0.05) is 28.6 Å². The van der Waals surface area contributed by atoms with E-state index < -0.39 is 0 Å². The number of H-pyrrole nitrogens is 1. The number of nitrogens with one attached hydrogen (secondary N) is 1. The molecule has 0 saturated carbocycles. The predicted octanol–water partition coefficient (Wildman–Crippen LogP) is 5.79. The molecule has 0 aliphatic carbocycles. The summed E-state index contributed by atoms with van der Waals surface area (Å²) in [5, 5.41) is 1.35. The van der Waals surface area contributed by atoms with Crippen molar-refractivity contribution in [3.8, 4) is 0 Å². The lowest BCUT2D eigenvalue weighted by Gasteiger charge is -2.03. The maximum absolute atomic E-state index is 6.27. The van der Waals surface area contributed by atoms with E-state index in [0.717, 1.165) is 48.5 Å². The first-order chi connectivity index (χ1) is 11.6. The molecule has 2 aromatic carbocycles. The van der Waals surface area contributed by atoms with Gasteiger partial charge in [-0.05, 0) is 43.0 Å². The van der Waals surface area contributed by atoms with E-state index in [4.69, 9.17) is 28.2 Å². The highest BCUT2D eigenvalue weighted by molar-refractivity contribution is 6.35. The van der Waals surface area contributed by atoms with Gasteiger partial charge in [0.25, 0.3) is 0 Å². The number of aromatic nitrogens is 2. The molecule has 1 heterocycles. The van der Waals surface area contributed by atoms with Crippen molar-refractivity contribution in [1.29, 1.82) is 0 Å². The Morgan fingerprint density at radius 2 is 1.79 bits per heavy atom. The van der Waals surface area contributed by atoms with Crippen molar-refractivity contribution in [1.82, 2.24) is 9.97 Å². The number of rotatable bonds is 6. The van der Waals surface area contributed by atoms with Crippen molar-refractivity contribution in [2.75, 3.05) is 0 Å². The Morgan fingerprint density at radius 3 is 2.54 bits per heavy atom. The molecule has 24 heavy (non-hydrogen) atoms. The van der Waals surface area contributed by atoms with Gasteiger partial charge in [0.1, 0.15) is 5.82 Å². The second-order valence-electron chi connectivity index (χ2n) is 6.01. The average Bonchev–Trinajstić information content (AvgIpc) is 2.91. The van der Waals surface area contributed by atoms with E-state index in [9.17, 15) is 0 Å². The van der Waals surface area contributed by atoms with Crippen molar-refractivity contribution in [3.63, 3.8) is 0 Å². The number of halogens is 2. The molecule has 3 aromatic rings. The van der Waals surface area contributed by atoms with E-state index in [-0.39, 0.29) is 0 Å². The van der Waals surface area contributed by atoms with Gasteiger partial charge in [0.15, 0.2) is 0 Å². The van der Waals surface area contributed by atoms with Crippen molar-refractivity contribution in [3.05, 3.63) is 86.9 Å². The third-order valence-corrected chi connectivity index (χ3v) is 4.72. The molecule has 0 amide bonds. The Kier molecular flexibility index (Phi) is 5.60. The van der Waals surface area contributed by atoms with E-state index >= 15 is 0 Å². The Bertz CT molecular complexity index is 810. The molecular weight excluding hydrogens is 339 g/mol. The maximum Gasteiger partial charge on any atom is 0.106 e. The lowest BCUT2D eigenvalue weighted by Crippen LogP contribution is -1.94. The number of hydrogen-bond acceptors (Lipinski definition) is 1. The summed E-state index contributed by atoms with van der Waals surface area (Å²) >= 11 is 12.2. The van der Waals surface area contributed by atoms with E-state index in [0.29, 0.717) is 10.0 Å². The number of benzene rings is 2. The average molecular weight is 359 g/mol.